The van der Waals surface area contributed by atoms with E-state index in [0.29, 0.717) is 10.8 Å². The van der Waals surface area contributed by atoms with Crippen LogP contribution < -0.4 is 0 Å². The molecule has 3 aromatic rings. The second kappa shape index (κ2) is 6.06. The van der Waals surface area contributed by atoms with Gasteiger partial charge in [-0.3, -0.25) is 0 Å². The van der Waals surface area contributed by atoms with Crippen LogP contribution in [0.25, 0.3) is 11.4 Å². The maximum atomic E-state index is 6.18. The highest BCUT2D eigenvalue weighted by Crippen LogP contribution is 2.25. The molecule has 0 spiro atoms. The first-order chi connectivity index (χ1) is 10.3. The van der Waals surface area contributed by atoms with E-state index in [-0.39, 0.29) is 6.04 Å². The fraction of sp³-hybridized carbons (Fsp3) is 0.188. The average molecular weight is 299 g/mol. The average Bonchev–Trinajstić information content (AvgIpc) is 2.99. The summed E-state index contributed by atoms with van der Waals surface area (Å²) in [6.45, 7) is 2.11. The van der Waals surface area contributed by atoms with Crippen LogP contribution in [-0.4, -0.2) is 20.2 Å². The van der Waals surface area contributed by atoms with Crippen LogP contribution in [0.1, 0.15) is 24.9 Å². The minimum atomic E-state index is 0.0786. The SMILES string of the molecule is CCC(c1ccccc1)n1nnc(-c2ccccc2Cl)n1. The quantitative estimate of drug-likeness (QED) is 0.731. The van der Waals surface area contributed by atoms with Crippen molar-refractivity contribution in [3.8, 4) is 11.4 Å². The summed E-state index contributed by atoms with van der Waals surface area (Å²) in [5.74, 6) is 0.551. The van der Waals surface area contributed by atoms with Gasteiger partial charge in [0.05, 0.1) is 11.1 Å². The van der Waals surface area contributed by atoms with Crippen molar-refractivity contribution in [2.24, 2.45) is 0 Å². The molecule has 0 saturated heterocycles. The number of aromatic nitrogens is 4. The van der Waals surface area contributed by atoms with Gasteiger partial charge >= 0.3 is 0 Å². The van der Waals surface area contributed by atoms with Gasteiger partial charge < -0.3 is 0 Å². The molecule has 0 bridgehead atoms. The van der Waals surface area contributed by atoms with Gasteiger partial charge in [0, 0.05) is 5.56 Å². The van der Waals surface area contributed by atoms with Crippen LogP contribution in [0.3, 0.4) is 0 Å². The lowest BCUT2D eigenvalue weighted by Gasteiger charge is -2.13. The summed E-state index contributed by atoms with van der Waals surface area (Å²) in [5.41, 5.74) is 1.97. The minimum absolute atomic E-state index is 0.0786. The molecule has 0 amide bonds. The lowest BCUT2D eigenvalue weighted by atomic mass is 10.1. The Morgan fingerprint density at radius 3 is 2.48 bits per heavy atom. The standard InChI is InChI=1S/C16H15ClN4/c1-2-15(12-8-4-3-5-9-12)21-19-16(18-20-21)13-10-6-7-11-14(13)17/h3-11,15H,2H2,1H3. The second-order valence-electron chi connectivity index (χ2n) is 4.75. The van der Waals surface area contributed by atoms with E-state index in [4.69, 9.17) is 11.6 Å². The largest absolute Gasteiger partial charge is 0.206 e. The summed E-state index contributed by atoms with van der Waals surface area (Å²) in [7, 11) is 0. The molecule has 1 atom stereocenters. The van der Waals surface area contributed by atoms with Crippen molar-refractivity contribution in [2.45, 2.75) is 19.4 Å². The number of tetrazole rings is 1. The first-order valence-corrected chi connectivity index (χ1v) is 7.26. The topological polar surface area (TPSA) is 43.6 Å². The van der Waals surface area contributed by atoms with Crippen LogP contribution in [0, 0.1) is 0 Å². The number of nitrogens with zero attached hydrogens (tertiary/aromatic N) is 4. The molecule has 2 aromatic carbocycles. The smallest absolute Gasteiger partial charge is 0.156 e. The van der Waals surface area contributed by atoms with Gasteiger partial charge in [0.15, 0.2) is 0 Å². The van der Waals surface area contributed by atoms with E-state index < -0.39 is 0 Å². The molecule has 106 valence electrons. The normalized spacial score (nSPS) is 12.3. The zero-order valence-corrected chi connectivity index (χ0v) is 12.4. The number of benzene rings is 2. The Kier molecular flexibility index (Phi) is 3.97. The van der Waals surface area contributed by atoms with Crippen molar-refractivity contribution < 1.29 is 0 Å². The van der Waals surface area contributed by atoms with Crippen molar-refractivity contribution in [3.05, 3.63) is 65.2 Å². The van der Waals surface area contributed by atoms with Crippen molar-refractivity contribution in [1.29, 1.82) is 0 Å². The molecule has 0 saturated carbocycles. The van der Waals surface area contributed by atoms with Gasteiger partial charge in [-0.1, -0.05) is 61.0 Å². The van der Waals surface area contributed by atoms with Crippen LogP contribution >= 0.6 is 11.6 Å². The number of hydrogen-bond donors (Lipinski definition) is 0. The van der Waals surface area contributed by atoms with E-state index in [0.717, 1.165) is 12.0 Å². The first kappa shape index (κ1) is 13.8. The Labute approximate surface area is 128 Å². The Morgan fingerprint density at radius 2 is 1.76 bits per heavy atom. The molecule has 0 aliphatic heterocycles. The molecule has 0 aliphatic carbocycles. The Balaban J connectivity index is 1.96. The summed E-state index contributed by atoms with van der Waals surface area (Å²) in [6, 6.07) is 17.8. The zero-order chi connectivity index (χ0) is 14.7. The van der Waals surface area contributed by atoms with Crippen LogP contribution in [0.5, 0.6) is 0 Å². The van der Waals surface area contributed by atoms with E-state index in [1.165, 1.54) is 5.56 Å². The molecule has 21 heavy (non-hydrogen) atoms. The minimum Gasteiger partial charge on any atom is -0.156 e. The molecular formula is C16H15ClN4. The monoisotopic (exact) mass is 298 g/mol. The fourth-order valence-corrected chi connectivity index (χ4v) is 2.54. The van der Waals surface area contributed by atoms with Crippen molar-refractivity contribution >= 4 is 11.6 Å². The molecular weight excluding hydrogens is 284 g/mol. The Bertz CT molecular complexity index is 724. The van der Waals surface area contributed by atoms with Crippen LogP contribution in [0.2, 0.25) is 5.02 Å². The van der Waals surface area contributed by atoms with Crippen LogP contribution in [0.15, 0.2) is 54.6 Å². The van der Waals surface area contributed by atoms with E-state index in [9.17, 15) is 0 Å². The third kappa shape index (κ3) is 2.81. The van der Waals surface area contributed by atoms with Gasteiger partial charge in [0.25, 0.3) is 0 Å². The maximum Gasteiger partial charge on any atom is 0.206 e. The molecule has 0 aliphatic rings. The summed E-state index contributed by atoms with van der Waals surface area (Å²) < 4.78 is 0. The second-order valence-corrected chi connectivity index (χ2v) is 5.16. The molecule has 0 radical (unpaired) electrons. The maximum absolute atomic E-state index is 6.18. The lowest BCUT2D eigenvalue weighted by Crippen LogP contribution is -2.13. The summed E-state index contributed by atoms with van der Waals surface area (Å²) in [4.78, 5) is 1.66. The predicted molar refractivity (Wildman–Crippen MR) is 83.1 cm³/mol. The summed E-state index contributed by atoms with van der Waals surface area (Å²) in [5, 5.41) is 13.5. The third-order valence-corrected chi connectivity index (χ3v) is 3.72. The number of halogens is 1. The third-order valence-electron chi connectivity index (χ3n) is 3.39. The van der Waals surface area contributed by atoms with E-state index in [2.05, 4.69) is 34.5 Å². The van der Waals surface area contributed by atoms with Gasteiger partial charge in [0.1, 0.15) is 0 Å². The van der Waals surface area contributed by atoms with E-state index in [1.807, 2.05) is 42.5 Å². The lowest BCUT2D eigenvalue weighted by molar-refractivity contribution is 0.440. The van der Waals surface area contributed by atoms with Gasteiger partial charge in [0.2, 0.25) is 5.82 Å². The molecule has 1 aromatic heterocycles. The van der Waals surface area contributed by atoms with Gasteiger partial charge in [-0.25, -0.2) is 0 Å². The number of hydrogen-bond acceptors (Lipinski definition) is 3. The molecule has 0 N–H and O–H groups in total. The van der Waals surface area contributed by atoms with Crippen LogP contribution in [-0.2, 0) is 0 Å². The van der Waals surface area contributed by atoms with Crippen molar-refractivity contribution in [1.82, 2.24) is 20.2 Å². The molecule has 5 heteroatoms. The summed E-state index contributed by atoms with van der Waals surface area (Å²) in [6.07, 6.45) is 0.891. The van der Waals surface area contributed by atoms with E-state index in [1.54, 1.807) is 4.80 Å². The first-order valence-electron chi connectivity index (χ1n) is 6.89. The molecule has 1 heterocycles. The molecule has 0 fully saturated rings. The highest BCUT2D eigenvalue weighted by Gasteiger charge is 2.16. The fourth-order valence-electron chi connectivity index (χ4n) is 2.32. The highest BCUT2D eigenvalue weighted by atomic mass is 35.5. The molecule has 4 nitrogen and oxygen atoms in total. The van der Waals surface area contributed by atoms with Gasteiger partial charge in [-0.15, -0.1) is 10.2 Å². The molecule has 3 rings (SSSR count). The predicted octanol–water partition coefficient (Wildman–Crippen LogP) is 3.99. The van der Waals surface area contributed by atoms with Gasteiger partial charge in [-0.2, -0.15) is 4.80 Å². The zero-order valence-electron chi connectivity index (χ0n) is 11.6. The van der Waals surface area contributed by atoms with Crippen molar-refractivity contribution in [2.75, 3.05) is 0 Å². The molecule has 1 unspecified atom stereocenters. The van der Waals surface area contributed by atoms with Crippen LogP contribution in [0.4, 0.5) is 0 Å². The Hall–Kier alpha value is -2.20. The van der Waals surface area contributed by atoms with Crippen molar-refractivity contribution in [3.63, 3.8) is 0 Å². The number of rotatable bonds is 4. The van der Waals surface area contributed by atoms with Gasteiger partial charge in [-0.05, 0) is 29.3 Å². The summed E-state index contributed by atoms with van der Waals surface area (Å²) >= 11 is 6.18. The highest BCUT2D eigenvalue weighted by molar-refractivity contribution is 6.33. The van der Waals surface area contributed by atoms with E-state index >= 15 is 0 Å². The Morgan fingerprint density at radius 1 is 1.05 bits per heavy atom.